The molecule has 0 fully saturated rings. The molecule has 0 aromatic heterocycles. The van der Waals surface area contributed by atoms with Gasteiger partial charge in [-0.15, -0.1) is 0 Å². The summed E-state index contributed by atoms with van der Waals surface area (Å²) in [5.74, 6) is 0. The number of benzene rings is 2. The van der Waals surface area contributed by atoms with Crippen molar-refractivity contribution in [1.82, 2.24) is 0 Å². The molecule has 0 aliphatic heterocycles. The molecule has 0 saturated heterocycles. The van der Waals surface area contributed by atoms with Crippen LogP contribution in [0.15, 0.2) is 41.5 Å². The van der Waals surface area contributed by atoms with Gasteiger partial charge in [-0.05, 0) is 52.1 Å². The second kappa shape index (κ2) is 5.93. The van der Waals surface area contributed by atoms with Gasteiger partial charge in [-0.25, -0.2) is 0 Å². The number of nitrogens with zero attached hydrogens (tertiary/aromatic N) is 3. The maximum atomic E-state index is 13.0. The molecule has 26 heavy (non-hydrogen) atoms. The van der Waals surface area contributed by atoms with E-state index in [1.165, 1.54) is 0 Å². The molecule has 1 N–H and O–H groups in total. The summed E-state index contributed by atoms with van der Waals surface area (Å²) in [5.41, 5.74) is 6.18. The van der Waals surface area contributed by atoms with E-state index in [9.17, 15) is 31.4 Å². The Morgan fingerprint density at radius 3 is 1.77 bits per heavy atom. The van der Waals surface area contributed by atoms with Crippen LogP contribution in [0.3, 0.4) is 0 Å². The Kier molecular flexibility index (Phi) is 4.12. The Hall–Kier alpha value is -2.71. The van der Waals surface area contributed by atoms with Crippen molar-refractivity contribution in [1.29, 1.82) is 0 Å². The van der Waals surface area contributed by atoms with Crippen LogP contribution in [0.5, 0.6) is 0 Å². The second-order valence-corrected chi connectivity index (χ2v) is 5.69. The van der Waals surface area contributed by atoms with Crippen molar-refractivity contribution in [3.63, 3.8) is 0 Å². The third-order valence-electron chi connectivity index (χ3n) is 4.16. The summed E-state index contributed by atoms with van der Waals surface area (Å²) in [6.45, 7) is 0. The number of azide groups is 1. The standard InChI is InChI=1S/C16H9F6N3O/c17-15(18,19)7-1-3-9-11(5-7)12-6-8(16(20,21)22)2-4-10(12)14(26)13(9)24-25-23/h1-6,13-14,26H/t13-,14-/m1/s1. The van der Waals surface area contributed by atoms with E-state index in [1.807, 2.05) is 0 Å². The summed E-state index contributed by atoms with van der Waals surface area (Å²) < 4.78 is 78.0. The molecule has 10 heteroatoms. The van der Waals surface area contributed by atoms with Crippen LogP contribution in [-0.2, 0) is 12.4 Å². The third-order valence-corrected chi connectivity index (χ3v) is 4.16. The average molecular weight is 373 g/mol. The number of hydrogen-bond donors (Lipinski definition) is 1. The monoisotopic (exact) mass is 373 g/mol. The summed E-state index contributed by atoms with van der Waals surface area (Å²) in [4.78, 5) is 2.57. The van der Waals surface area contributed by atoms with E-state index in [0.717, 1.165) is 18.2 Å². The second-order valence-electron chi connectivity index (χ2n) is 5.69. The van der Waals surface area contributed by atoms with Crippen molar-refractivity contribution in [2.75, 3.05) is 0 Å². The average Bonchev–Trinajstić information content (AvgIpc) is 2.56. The van der Waals surface area contributed by atoms with Gasteiger partial charge in [0.1, 0.15) is 0 Å². The molecule has 3 rings (SSSR count). The van der Waals surface area contributed by atoms with Crippen molar-refractivity contribution in [3.8, 4) is 11.1 Å². The Bertz CT molecular complexity index is 915. The molecular weight excluding hydrogens is 364 g/mol. The van der Waals surface area contributed by atoms with Crippen LogP contribution >= 0.6 is 0 Å². The van der Waals surface area contributed by atoms with Gasteiger partial charge in [0.25, 0.3) is 0 Å². The van der Waals surface area contributed by atoms with Gasteiger partial charge in [-0.1, -0.05) is 17.2 Å². The van der Waals surface area contributed by atoms with E-state index in [0.29, 0.717) is 18.2 Å². The molecule has 2 aromatic carbocycles. The van der Waals surface area contributed by atoms with E-state index in [1.54, 1.807) is 0 Å². The maximum Gasteiger partial charge on any atom is 0.416 e. The quantitative estimate of drug-likeness (QED) is 0.292. The summed E-state index contributed by atoms with van der Waals surface area (Å²) in [7, 11) is 0. The van der Waals surface area contributed by atoms with Gasteiger partial charge in [0, 0.05) is 4.91 Å². The number of alkyl halides is 6. The Morgan fingerprint density at radius 2 is 1.31 bits per heavy atom. The van der Waals surface area contributed by atoms with Crippen LogP contribution in [0.1, 0.15) is 34.4 Å². The van der Waals surface area contributed by atoms with Gasteiger partial charge in [0.2, 0.25) is 0 Å². The molecular formula is C16H9F6N3O. The molecule has 2 atom stereocenters. The first-order valence-electron chi connectivity index (χ1n) is 7.19. The molecule has 2 aromatic rings. The minimum atomic E-state index is -4.71. The zero-order valence-corrected chi connectivity index (χ0v) is 12.7. The van der Waals surface area contributed by atoms with Crippen molar-refractivity contribution in [3.05, 3.63) is 69.1 Å². The number of rotatable bonds is 1. The largest absolute Gasteiger partial charge is 0.416 e. The lowest BCUT2D eigenvalue weighted by Crippen LogP contribution is -2.18. The van der Waals surface area contributed by atoms with Gasteiger partial charge < -0.3 is 5.11 Å². The lowest BCUT2D eigenvalue weighted by molar-refractivity contribution is -0.138. The number of aliphatic hydroxyl groups is 1. The fourth-order valence-corrected chi connectivity index (χ4v) is 2.97. The predicted molar refractivity (Wildman–Crippen MR) is 78.7 cm³/mol. The molecule has 0 spiro atoms. The van der Waals surface area contributed by atoms with Crippen molar-refractivity contribution in [2.24, 2.45) is 5.11 Å². The highest BCUT2D eigenvalue weighted by atomic mass is 19.4. The minimum absolute atomic E-state index is 0.0233. The molecule has 1 aliphatic carbocycles. The van der Waals surface area contributed by atoms with Crippen LogP contribution in [0.25, 0.3) is 21.6 Å². The minimum Gasteiger partial charge on any atom is -0.388 e. The first kappa shape index (κ1) is 18.1. The van der Waals surface area contributed by atoms with E-state index >= 15 is 0 Å². The Labute approximate surface area is 142 Å². The smallest absolute Gasteiger partial charge is 0.388 e. The third kappa shape index (κ3) is 2.97. The summed E-state index contributed by atoms with van der Waals surface area (Å²) in [6.07, 6.45) is -10.9. The van der Waals surface area contributed by atoms with Gasteiger partial charge in [0.05, 0.1) is 23.3 Å². The molecule has 0 unspecified atom stereocenters. The highest BCUT2D eigenvalue weighted by Gasteiger charge is 2.38. The van der Waals surface area contributed by atoms with Crippen LogP contribution in [0, 0.1) is 0 Å². The topological polar surface area (TPSA) is 69.0 Å². The van der Waals surface area contributed by atoms with Crippen LogP contribution < -0.4 is 0 Å². The lowest BCUT2D eigenvalue weighted by Gasteiger charge is -2.30. The van der Waals surface area contributed by atoms with Gasteiger partial charge in [0.15, 0.2) is 0 Å². The van der Waals surface area contributed by atoms with Crippen molar-refractivity contribution in [2.45, 2.75) is 24.5 Å². The number of halogens is 6. The van der Waals surface area contributed by atoms with E-state index in [2.05, 4.69) is 10.0 Å². The summed E-state index contributed by atoms with van der Waals surface area (Å²) in [5, 5.41) is 13.7. The van der Waals surface area contributed by atoms with Gasteiger partial charge >= 0.3 is 12.4 Å². The lowest BCUT2D eigenvalue weighted by atomic mass is 9.79. The highest BCUT2D eigenvalue weighted by molar-refractivity contribution is 5.76. The molecule has 0 radical (unpaired) electrons. The number of fused-ring (bicyclic) bond motifs is 3. The zero-order chi connectivity index (χ0) is 19.3. The predicted octanol–water partition coefficient (Wildman–Crippen LogP) is 5.79. The molecule has 0 saturated carbocycles. The molecule has 0 amide bonds. The Morgan fingerprint density at radius 1 is 0.846 bits per heavy atom. The van der Waals surface area contributed by atoms with Gasteiger partial charge in [-0.3, -0.25) is 0 Å². The normalized spacial score (nSPS) is 19.3. The van der Waals surface area contributed by atoms with Crippen LogP contribution in [0.4, 0.5) is 26.3 Å². The van der Waals surface area contributed by atoms with E-state index < -0.39 is 35.6 Å². The first-order valence-corrected chi connectivity index (χ1v) is 7.19. The molecule has 0 bridgehead atoms. The van der Waals surface area contributed by atoms with Crippen LogP contribution in [0.2, 0.25) is 0 Å². The molecule has 0 heterocycles. The van der Waals surface area contributed by atoms with Crippen LogP contribution in [-0.4, -0.2) is 5.11 Å². The van der Waals surface area contributed by atoms with Crippen molar-refractivity contribution < 1.29 is 31.4 Å². The Balaban J connectivity index is 2.31. The fourth-order valence-electron chi connectivity index (χ4n) is 2.97. The SMILES string of the molecule is [N-]=[N+]=N[C@@H]1c2ccc(C(F)(F)F)cc2-c2cc(C(F)(F)F)ccc2[C@H]1O. The maximum absolute atomic E-state index is 13.0. The zero-order valence-electron chi connectivity index (χ0n) is 12.7. The molecule has 1 aliphatic rings. The van der Waals surface area contributed by atoms with Gasteiger partial charge in [-0.2, -0.15) is 26.3 Å². The van der Waals surface area contributed by atoms with E-state index in [4.69, 9.17) is 5.53 Å². The molecule has 136 valence electrons. The van der Waals surface area contributed by atoms with E-state index in [-0.39, 0.29) is 22.3 Å². The number of hydrogen-bond acceptors (Lipinski definition) is 2. The highest BCUT2D eigenvalue weighted by Crippen LogP contribution is 2.49. The first-order chi connectivity index (χ1) is 12.0. The fraction of sp³-hybridized carbons (Fsp3) is 0.250. The summed E-state index contributed by atoms with van der Waals surface area (Å²) >= 11 is 0. The number of aliphatic hydroxyl groups excluding tert-OH is 1. The molecule has 4 nitrogen and oxygen atoms in total. The van der Waals surface area contributed by atoms with Crippen molar-refractivity contribution >= 4 is 0 Å². The summed E-state index contributed by atoms with van der Waals surface area (Å²) in [6, 6.07) is 3.55.